The molecule has 0 saturated heterocycles. The molecule has 1 aliphatic rings. The minimum Gasteiger partial charge on any atom is -0.445 e. The van der Waals surface area contributed by atoms with Gasteiger partial charge in [-0.15, -0.1) is 10.2 Å². The van der Waals surface area contributed by atoms with Crippen molar-refractivity contribution in [2.45, 2.75) is 19.7 Å². The van der Waals surface area contributed by atoms with Gasteiger partial charge < -0.3 is 4.74 Å². The van der Waals surface area contributed by atoms with Crippen molar-refractivity contribution in [1.82, 2.24) is 19.7 Å². The van der Waals surface area contributed by atoms with Crippen LogP contribution >= 0.6 is 11.6 Å². The number of nitrogens with zero attached hydrogens (tertiary/aromatic N) is 4. The number of fused-ring (bicyclic) bond motifs is 1. The maximum Gasteiger partial charge on any atom is 0.410 e. The first-order chi connectivity index (χ1) is 9.74. The Morgan fingerprint density at radius 3 is 2.85 bits per heavy atom. The summed E-state index contributed by atoms with van der Waals surface area (Å²) in [7, 11) is 0. The summed E-state index contributed by atoms with van der Waals surface area (Å²) in [5, 5.41) is 8.08. The van der Waals surface area contributed by atoms with Crippen LogP contribution in [0.4, 0.5) is 4.79 Å². The molecule has 0 spiro atoms. The van der Waals surface area contributed by atoms with Crippen molar-refractivity contribution in [1.29, 1.82) is 0 Å². The van der Waals surface area contributed by atoms with Crippen LogP contribution in [-0.4, -0.2) is 32.3 Å². The lowest BCUT2D eigenvalue weighted by Gasteiger charge is -2.26. The van der Waals surface area contributed by atoms with Crippen molar-refractivity contribution >= 4 is 17.7 Å². The summed E-state index contributed by atoms with van der Waals surface area (Å²) in [6.45, 7) is 1.76. The molecular formula is C13H13ClN4O2. The Bertz CT molecular complexity index is 614. The smallest absolute Gasteiger partial charge is 0.410 e. The third-order valence-corrected chi connectivity index (χ3v) is 3.45. The molecule has 20 heavy (non-hydrogen) atoms. The summed E-state index contributed by atoms with van der Waals surface area (Å²) in [6, 6.07) is 9.58. The predicted molar refractivity (Wildman–Crippen MR) is 72.1 cm³/mol. The van der Waals surface area contributed by atoms with Crippen LogP contribution < -0.4 is 0 Å². The molecule has 0 fully saturated rings. The van der Waals surface area contributed by atoms with E-state index < -0.39 is 0 Å². The highest BCUT2D eigenvalue weighted by Gasteiger charge is 2.24. The van der Waals surface area contributed by atoms with Gasteiger partial charge in [0.25, 0.3) is 0 Å². The topological polar surface area (TPSA) is 60.2 Å². The first-order valence-electron chi connectivity index (χ1n) is 6.27. The van der Waals surface area contributed by atoms with Gasteiger partial charge in [-0.1, -0.05) is 30.3 Å². The molecule has 2 aromatic rings. The van der Waals surface area contributed by atoms with Gasteiger partial charge in [-0.3, -0.25) is 9.47 Å². The Morgan fingerprint density at radius 1 is 1.25 bits per heavy atom. The lowest BCUT2D eigenvalue weighted by molar-refractivity contribution is 0.0862. The van der Waals surface area contributed by atoms with E-state index in [2.05, 4.69) is 10.2 Å². The Morgan fingerprint density at radius 2 is 2.05 bits per heavy atom. The zero-order valence-electron chi connectivity index (χ0n) is 10.7. The van der Waals surface area contributed by atoms with Crippen LogP contribution in [0.3, 0.4) is 0 Å². The number of aromatic nitrogens is 3. The summed E-state index contributed by atoms with van der Waals surface area (Å²) in [6.07, 6.45) is -0.348. The number of rotatable bonds is 2. The molecule has 0 unspecified atom stereocenters. The number of amides is 1. The molecule has 104 valence electrons. The molecule has 0 bridgehead atoms. The Kier molecular flexibility index (Phi) is 3.56. The van der Waals surface area contributed by atoms with Gasteiger partial charge in [0.1, 0.15) is 6.61 Å². The molecule has 0 saturated carbocycles. The summed E-state index contributed by atoms with van der Waals surface area (Å²) < 4.78 is 7.08. The van der Waals surface area contributed by atoms with Crippen molar-refractivity contribution in [3.63, 3.8) is 0 Å². The van der Waals surface area contributed by atoms with E-state index >= 15 is 0 Å². The molecule has 0 radical (unpaired) electrons. The number of ether oxygens (including phenoxy) is 1. The van der Waals surface area contributed by atoms with E-state index in [0.29, 0.717) is 30.7 Å². The highest BCUT2D eigenvalue weighted by molar-refractivity contribution is 6.28. The molecular weight excluding hydrogens is 280 g/mol. The predicted octanol–water partition coefficient (Wildman–Crippen LogP) is 2.08. The van der Waals surface area contributed by atoms with E-state index in [-0.39, 0.29) is 12.7 Å². The third-order valence-electron chi connectivity index (χ3n) is 3.17. The number of carbonyl (C=O) groups excluding carboxylic acids is 1. The number of hydrogen-bond donors (Lipinski definition) is 0. The highest BCUT2D eigenvalue weighted by Crippen LogP contribution is 2.16. The fraction of sp³-hybridized carbons (Fsp3) is 0.308. The minimum absolute atomic E-state index is 0.267. The second-order valence-corrected chi connectivity index (χ2v) is 4.84. The van der Waals surface area contributed by atoms with Crippen molar-refractivity contribution in [3.8, 4) is 0 Å². The summed E-state index contributed by atoms with van der Waals surface area (Å²) in [5.74, 6) is 0.679. The molecule has 1 aliphatic heterocycles. The van der Waals surface area contributed by atoms with Crippen molar-refractivity contribution < 1.29 is 9.53 Å². The van der Waals surface area contributed by atoms with Gasteiger partial charge in [-0.25, -0.2) is 4.79 Å². The zero-order valence-corrected chi connectivity index (χ0v) is 11.5. The quantitative estimate of drug-likeness (QED) is 0.850. The van der Waals surface area contributed by atoms with Crippen LogP contribution in [0, 0.1) is 0 Å². The average molecular weight is 293 g/mol. The summed E-state index contributed by atoms with van der Waals surface area (Å²) in [5.41, 5.74) is 0.962. The van der Waals surface area contributed by atoms with Gasteiger partial charge in [0.15, 0.2) is 5.82 Å². The maximum absolute atomic E-state index is 12.0. The molecule has 0 aliphatic carbocycles. The van der Waals surface area contributed by atoms with Crippen LogP contribution in [-0.2, 0) is 24.4 Å². The average Bonchev–Trinajstić information content (AvgIpc) is 2.87. The van der Waals surface area contributed by atoms with Crippen LogP contribution in [0.2, 0.25) is 5.28 Å². The Balaban J connectivity index is 1.59. The third kappa shape index (κ3) is 2.60. The monoisotopic (exact) mass is 292 g/mol. The zero-order chi connectivity index (χ0) is 13.9. The Hall–Kier alpha value is -2.08. The molecule has 0 atom stereocenters. The molecule has 0 N–H and O–H groups in total. The number of benzene rings is 1. The van der Waals surface area contributed by atoms with Crippen molar-refractivity contribution in [3.05, 3.63) is 47.0 Å². The van der Waals surface area contributed by atoms with Gasteiger partial charge in [0.05, 0.1) is 6.54 Å². The second-order valence-electron chi connectivity index (χ2n) is 4.50. The van der Waals surface area contributed by atoms with Crippen LogP contribution in [0.15, 0.2) is 30.3 Å². The van der Waals surface area contributed by atoms with E-state index in [9.17, 15) is 4.79 Å². The number of carbonyl (C=O) groups is 1. The molecule has 3 rings (SSSR count). The first-order valence-corrected chi connectivity index (χ1v) is 6.65. The first kappa shape index (κ1) is 12.9. The highest BCUT2D eigenvalue weighted by atomic mass is 35.5. The maximum atomic E-state index is 12.0. The molecule has 6 nitrogen and oxygen atoms in total. The molecule has 2 heterocycles. The van der Waals surface area contributed by atoms with E-state index in [1.807, 2.05) is 30.3 Å². The normalized spacial score (nSPS) is 13.9. The molecule has 1 aromatic carbocycles. The van der Waals surface area contributed by atoms with E-state index in [0.717, 1.165) is 5.56 Å². The lowest BCUT2D eigenvalue weighted by atomic mass is 10.2. The fourth-order valence-corrected chi connectivity index (χ4v) is 2.31. The fourth-order valence-electron chi connectivity index (χ4n) is 2.09. The minimum atomic E-state index is -0.348. The van der Waals surface area contributed by atoms with E-state index in [1.165, 1.54) is 0 Å². The lowest BCUT2D eigenvalue weighted by Crippen LogP contribution is -2.38. The summed E-state index contributed by atoms with van der Waals surface area (Å²) >= 11 is 5.88. The van der Waals surface area contributed by atoms with Crippen LogP contribution in [0.25, 0.3) is 0 Å². The molecule has 1 aromatic heterocycles. The Labute approximate surface area is 120 Å². The van der Waals surface area contributed by atoms with Gasteiger partial charge in [0.2, 0.25) is 5.28 Å². The SMILES string of the molecule is O=C(OCc1ccccc1)N1CCn2c(Cl)nnc2C1. The number of halogens is 1. The van der Waals surface area contributed by atoms with Gasteiger partial charge in [0, 0.05) is 13.1 Å². The van der Waals surface area contributed by atoms with Gasteiger partial charge >= 0.3 is 6.09 Å². The second kappa shape index (κ2) is 5.50. The molecule has 7 heteroatoms. The van der Waals surface area contributed by atoms with Crippen molar-refractivity contribution in [2.75, 3.05) is 6.54 Å². The van der Waals surface area contributed by atoms with Gasteiger partial charge in [-0.05, 0) is 17.2 Å². The number of hydrogen-bond acceptors (Lipinski definition) is 4. The summed E-state index contributed by atoms with van der Waals surface area (Å²) in [4.78, 5) is 13.6. The van der Waals surface area contributed by atoms with Crippen LogP contribution in [0.1, 0.15) is 11.4 Å². The van der Waals surface area contributed by atoms with Gasteiger partial charge in [-0.2, -0.15) is 0 Å². The van der Waals surface area contributed by atoms with E-state index in [1.54, 1.807) is 9.47 Å². The van der Waals surface area contributed by atoms with E-state index in [4.69, 9.17) is 16.3 Å². The largest absolute Gasteiger partial charge is 0.445 e. The van der Waals surface area contributed by atoms with Crippen LogP contribution in [0.5, 0.6) is 0 Å². The molecule has 1 amide bonds. The standard InChI is InChI=1S/C13H13ClN4O2/c14-12-16-15-11-8-17(6-7-18(11)12)13(19)20-9-10-4-2-1-3-5-10/h1-5H,6-9H2. The van der Waals surface area contributed by atoms with Crippen molar-refractivity contribution in [2.24, 2.45) is 0 Å².